The number of unbranched alkanes of at least 4 members (excludes halogenated alkanes) is 1. The summed E-state index contributed by atoms with van der Waals surface area (Å²) in [7, 11) is 1.80. The molecule has 0 aliphatic heterocycles. The lowest BCUT2D eigenvalue weighted by atomic mass is 10.2. The third kappa shape index (κ3) is 3.55. The third-order valence-electron chi connectivity index (χ3n) is 2.73. The van der Waals surface area contributed by atoms with Crippen LogP contribution in [-0.2, 0) is 4.74 Å². The van der Waals surface area contributed by atoms with E-state index in [4.69, 9.17) is 4.74 Å². The molecule has 0 aliphatic carbocycles. The minimum Gasteiger partial charge on any atom is -0.335 e. The molecule has 0 amide bonds. The van der Waals surface area contributed by atoms with E-state index in [1.807, 2.05) is 0 Å². The molecule has 2 heteroatoms. The van der Waals surface area contributed by atoms with Crippen molar-refractivity contribution in [1.82, 2.24) is 0 Å². The Labute approximate surface area is 77.1 Å². The molecule has 0 heterocycles. The molecule has 74 valence electrons. The van der Waals surface area contributed by atoms with Gasteiger partial charge in [0.2, 0.25) is 0 Å². The zero-order valence-corrected chi connectivity index (χ0v) is 9.10. The summed E-state index contributed by atoms with van der Waals surface area (Å²) in [4.78, 5) is 0. The summed E-state index contributed by atoms with van der Waals surface area (Å²) < 4.78 is 6.37. The topological polar surface area (TPSA) is 9.23 Å². The molecular formula is C10H24NO+. The Balaban J connectivity index is 3.95. The van der Waals surface area contributed by atoms with Crippen molar-refractivity contribution < 1.29 is 9.22 Å². The number of ether oxygens (including phenoxy) is 1. The van der Waals surface area contributed by atoms with Crippen LogP contribution in [0.5, 0.6) is 0 Å². The molecule has 0 aromatic carbocycles. The van der Waals surface area contributed by atoms with Gasteiger partial charge in [0, 0.05) is 7.11 Å². The molecule has 2 nitrogen and oxygen atoms in total. The molecule has 12 heavy (non-hydrogen) atoms. The SMILES string of the molecule is CCCC[N+](CC)(CC)COC. The minimum atomic E-state index is 0.868. The first-order valence-electron chi connectivity index (χ1n) is 5.08. The van der Waals surface area contributed by atoms with Gasteiger partial charge in [-0.1, -0.05) is 13.3 Å². The minimum absolute atomic E-state index is 0.868. The van der Waals surface area contributed by atoms with Crippen LogP contribution >= 0.6 is 0 Å². The number of hydrogen-bond donors (Lipinski definition) is 0. The second-order valence-corrected chi connectivity index (χ2v) is 3.47. The van der Waals surface area contributed by atoms with Crippen LogP contribution in [-0.4, -0.2) is 38.0 Å². The van der Waals surface area contributed by atoms with Gasteiger partial charge in [0.25, 0.3) is 0 Å². The Morgan fingerprint density at radius 2 is 1.67 bits per heavy atom. The first-order chi connectivity index (χ1) is 5.74. The zero-order valence-electron chi connectivity index (χ0n) is 9.10. The van der Waals surface area contributed by atoms with Gasteiger partial charge >= 0.3 is 0 Å². The lowest BCUT2D eigenvalue weighted by molar-refractivity contribution is -0.942. The van der Waals surface area contributed by atoms with Crippen LogP contribution in [0.3, 0.4) is 0 Å². The lowest BCUT2D eigenvalue weighted by Crippen LogP contribution is -2.49. The molecule has 0 radical (unpaired) electrons. The summed E-state index contributed by atoms with van der Waals surface area (Å²) >= 11 is 0. The lowest BCUT2D eigenvalue weighted by Gasteiger charge is -2.35. The van der Waals surface area contributed by atoms with Crippen molar-refractivity contribution in [2.45, 2.75) is 33.6 Å². The average molecular weight is 174 g/mol. The van der Waals surface area contributed by atoms with E-state index in [0.29, 0.717) is 0 Å². The summed E-state index contributed by atoms with van der Waals surface area (Å²) in [6.45, 7) is 11.2. The van der Waals surface area contributed by atoms with Crippen LogP contribution < -0.4 is 0 Å². The Hall–Kier alpha value is -0.0800. The van der Waals surface area contributed by atoms with Crippen molar-refractivity contribution in [3.8, 4) is 0 Å². The van der Waals surface area contributed by atoms with Gasteiger partial charge in [-0.25, -0.2) is 0 Å². The Morgan fingerprint density at radius 3 is 2.00 bits per heavy atom. The smallest absolute Gasteiger partial charge is 0.182 e. The van der Waals surface area contributed by atoms with Crippen molar-refractivity contribution in [3.05, 3.63) is 0 Å². The number of rotatable bonds is 7. The monoisotopic (exact) mass is 174 g/mol. The summed E-state index contributed by atoms with van der Waals surface area (Å²) in [5, 5.41) is 0. The predicted octanol–water partition coefficient (Wildman–Crippen LogP) is 2.25. The first kappa shape index (κ1) is 11.9. The molecule has 0 aromatic rings. The fraction of sp³-hybridized carbons (Fsp3) is 1.00. The van der Waals surface area contributed by atoms with Crippen LogP contribution in [0, 0.1) is 0 Å². The highest BCUT2D eigenvalue weighted by Crippen LogP contribution is 2.08. The van der Waals surface area contributed by atoms with E-state index in [2.05, 4.69) is 20.8 Å². The van der Waals surface area contributed by atoms with Crippen LogP contribution in [0.1, 0.15) is 33.6 Å². The molecule has 0 saturated heterocycles. The van der Waals surface area contributed by atoms with Gasteiger partial charge in [-0.2, -0.15) is 0 Å². The highest BCUT2D eigenvalue weighted by Gasteiger charge is 2.21. The van der Waals surface area contributed by atoms with E-state index in [0.717, 1.165) is 11.2 Å². The molecular weight excluding hydrogens is 150 g/mol. The summed E-state index contributed by atoms with van der Waals surface area (Å²) in [6, 6.07) is 0. The zero-order chi connectivity index (χ0) is 9.45. The first-order valence-corrected chi connectivity index (χ1v) is 5.08. The summed E-state index contributed by atoms with van der Waals surface area (Å²) in [5.74, 6) is 0. The van der Waals surface area contributed by atoms with Crippen molar-refractivity contribution in [3.63, 3.8) is 0 Å². The molecule has 0 N–H and O–H groups in total. The summed E-state index contributed by atoms with van der Waals surface area (Å²) in [6.07, 6.45) is 2.59. The highest BCUT2D eigenvalue weighted by atomic mass is 16.5. The molecule has 0 rings (SSSR count). The average Bonchev–Trinajstić information content (AvgIpc) is 2.13. The molecule has 0 fully saturated rings. The fourth-order valence-corrected chi connectivity index (χ4v) is 1.55. The molecule has 0 aromatic heterocycles. The van der Waals surface area contributed by atoms with E-state index in [-0.39, 0.29) is 0 Å². The van der Waals surface area contributed by atoms with Crippen molar-refractivity contribution in [2.24, 2.45) is 0 Å². The number of nitrogens with zero attached hydrogens (tertiary/aromatic N) is 1. The molecule has 0 unspecified atom stereocenters. The molecule has 0 aliphatic rings. The number of quaternary nitrogens is 1. The van der Waals surface area contributed by atoms with Crippen LogP contribution in [0.4, 0.5) is 0 Å². The second kappa shape index (κ2) is 6.44. The Morgan fingerprint density at radius 1 is 1.08 bits per heavy atom. The maximum absolute atomic E-state index is 5.26. The number of methoxy groups -OCH3 is 1. The maximum atomic E-state index is 5.26. The Bertz CT molecular complexity index is 100. The molecule has 0 bridgehead atoms. The molecule has 0 atom stereocenters. The second-order valence-electron chi connectivity index (χ2n) is 3.47. The summed E-state index contributed by atoms with van der Waals surface area (Å²) in [5.41, 5.74) is 0. The normalized spacial score (nSPS) is 12.0. The molecule has 0 saturated carbocycles. The van der Waals surface area contributed by atoms with Crippen molar-refractivity contribution >= 4 is 0 Å². The molecule has 0 spiro atoms. The Kier molecular flexibility index (Phi) is 6.39. The van der Waals surface area contributed by atoms with Gasteiger partial charge in [-0.3, -0.25) is 0 Å². The number of hydrogen-bond acceptors (Lipinski definition) is 1. The van der Waals surface area contributed by atoms with Gasteiger partial charge in [-0.15, -0.1) is 0 Å². The quantitative estimate of drug-likeness (QED) is 0.425. The fourth-order valence-electron chi connectivity index (χ4n) is 1.55. The standard InChI is InChI=1S/C10H24NO/c1-5-8-9-11(6-2,7-3)10-12-4/h5-10H2,1-4H3/q+1. The predicted molar refractivity (Wildman–Crippen MR) is 53.0 cm³/mol. The van der Waals surface area contributed by atoms with E-state index in [1.165, 1.54) is 32.5 Å². The van der Waals surface area contributed by atoms with E-state index >= 15 is 0 Å². The van der Waals surface area contributed by atoms with Gasteiger partial charge < -0.3 is 9.22 Å². The van der Waals surface area contributed by atoms with Crippen LogP contribution in [0.15, 0.2) is 0 Å². The van der Waals surface area contributed by atoms with E-state index in [1.54, 1.807) is 7.11 Å². The van der Waals surface area contributed by atoms with Gasteiger partial charge in [0.05, 0.1) is 19.6 Å². The van der Waals surface area contributed by atoms with E-state index in [9.17, 15) is 0 Å². The van der Waals surface area contributed by atoms with Gasteiger partial charge in [-0.05, 0) is 20.3 Å². The third-order valence-corrected chi connectivity index (χ3v) is 2.73. The van der Waals surface area contributed by atoms with Gasteiger partial charge in [0.1, 0.15) is 0 Å². The largest absolute Gasteiger partial charge is 0.335 e. The van der Waals surface area contributed by atoms with Crippen LogP contribution in [0.25, 0.3) is 0 Å². The van der Waals surface area contributed by atoms with Crippen molar-refractivity contribution in [1.29, 1.82) is 0 Å². The van der Waals surface area contributed by atoms with Gasteiger partial charge in [0.15, 0.2) is 6.73 Å². The van der Waals surface area contributed by atoms with Crippen LogP contribution in [0.2, 0.25) is 0 Å². The maximum Gasteiger partial charge on any atom is 0.182 e. The van der Waals surface area contributed by atoms with Crippen molar-refractivity contribution in [2.75, 3.05) is 33.5 Å². The highest BCUT2D eigenvalue weighted by molar-refractivity contribution is 4.37. The van der Waals surface area contributed by atoms with E-state index < -0.39 is 0 Å².